The Bertz CT molecular complexity index is 1080. The molecule has 150 valence electrons. The van der Waals surface area contributed by atoms with E-state index in [0.29, 0.717) is 17.9 Å². The highest BCUT2D eigenvalue weighted by Gasteiger charge is 2.43. The Kier molecular flexibility index (Phi) is 5.71. The number of hydrogen-bond acceptors (Lipinski definition) is 6. The van der Waals surface area contributed by atoms with E-state index in [0.717, 1.165) is 4.90 Å². The first kappa shape index (κ1) is 20.6. The fraction of sp³-hybridized carbons (Fsp3) is 0.286. The topological polar surface area (TPSA) is 105 Å². The van der Waals surface area contributed by atoms with Crippen LogP contribution in [-0.4, -0.2) is 49.3 Å². The van der Waals surface area contributed by atoms with Crippen molar-refractivity contribution >= 4 is 27.7 Å². The first-order valence-electron chi connectivity index (χ1n) is 9.02. The van der Waals surface area contributed by atoms with E-state index in [9.17, 15) is 23.3 Å². The molecule has 0 saturated carbocycles. The number of benzene rings is 1. The van der Waals surface area contributed by atoms with Gasteiger partial charge >= 0.3 is 0 Å². The van der Waals surface area contributed by atoms with E-state index >= 15 is 0 Å². The van der Waals surface area contributed by atoms with Gasteiger partial charge in [-0.3, -0.25) is 14.5 Å². The zero-order valence-electron chi connectivity index (χ0n) is 15.9. The van der Waals surface area contributed by atoms with Crippen molar-refractivity contribution in [3.05, 3.63) is 59.2 Å². The largest absolute Gasteiger partial charge is 0.490 e. The SMILES string of the molecule is C=CCOc1ccc(/C=C2\C(=O)N([C@H]3CCS(=O)(=O)C3)C(=O)C(C#N)=C2C)cc1. The number of sulfone groups is 1. The van der Waals surface area contributed by atoms with Crippen molar-refractivity contribution < 1.29 is 22.7 Å². The van der Waals surface area contributed by atoms with Gasteiger partial charge in [0.15, 0.2) is 9.84 Å². The Balaban J connectivity index is 1.98. The lowest BCUT2D eigenvalue weighted by molar-refractivity contribution is -0.142. The summed E-state index contributed by atoms with van der Waals surface area (Å²) in [5.74, 6) is -1.03. The molecule has 1 aromatic carbocycles. The molecule has 0 aliphatic carbocycles. The number of nitriles is 1. The van der Waals surface area contributed by atoms with Crippen LogP contribution in [0.5, 0.6) is 5.75 Å². The zero-order chi connectivity index (χ0) is 21.2. The minimum absolute atomic E-state index is 0.0788. The third kappa shape index (κ3) is 4.15. The molecule has 2 aliphatic heterocycles. The van der Waals surface area contributed by atoms with Crippen LogP contribution >= 0.6 is 0 Å². The van der Waals surface area contributed by atoms with E-state index in [1.807, 2.05) is 6.07 Å². The Morgan fingerprint density at radius 1 is 1.28 bits per heavy atom. The van der Waals surface area contributed by atoms with Crippen LogP contribution in [-0.2, 0) is 19.4 Å². The number of hydrogen-bond donors (Lipinski definition) is 0. The van der Waals surface area contributed by atoms with Crippen molar-refractivity contribution in [2.75, 3.05) is 18.1 Å². The summed E-state index contributed by atoms with van der Waals surface area (Å²) in [6, 6.07) is 8.08. The molecule has 1 saturated heterocycles. The first-order valence-corrected chi connectivity index (χ1v) is 10.8. The highest BCUT2D eigenvalue weighted by molar-refractivity contribution is 7.91. The Morgan fingerprint density at radius 2 is 1.97 bits per heavy atom. The summed E-state index contributed by atoms with van der Waals surface area (Å²) in [6.45, 7) is 5.50. The normalized spacial score (nSPS) is 22.7. The second kappa shape index (κ2) is 8.05. The molecule has 0 radical (unpaired) electrons. The van der Waals surface area contributed by atoms with Crippen molar-refractivity contribution in [2.24, 2.45) is 0 Å². The molecule has 1 atom stereocenters. The lowest BCUT2D eigenvalue weighted by atomic mass is 9.92. The fourth-order valence-electron chi connectivity index (χ4n) is 3.39. The second-order valence-corrected chi connectivity index (χ2v) is 9.10. The fourth-order valence-corrected chi connectivity index (χ4v) is 5.09. The van der Waals surface area contributed by atoms with Gasteiger partial charge in [-0.05, 0) is 42.7 Å². The van der Waals surface area contributed by atoms with E-state index in [1.165, 1.54) is 0 Å². The molecule has 2 amide bonds. The first-order chi connectivity index (χ1) is 13.8. The van der Waals surface area contributed by atoms with Gasteiger partial charge in [-0.25, -0.2) is 8.42 Å². The molecule has 2 heterocycles. The number of amides is 2. The van der Waals surface area contributed by atoms with Crippen LogP contribution in [0, 0.1) is 11.3 Å². The molecule has 0 aromatic heterocycles. The lowest BCUT2D eigenvalue weighted by Crippen LogP contribution is -2.49. The van der Waals surface area contributed by atoms with Gasteiger partial charge in [0.25, 0.3) is 11.8 Å². The van der Waals surface area contributed by atoms with Crippen molar-refractivity contribution in [3.63, 3.8) is 0 Å². The second-order valence-electron chi connectivity index (χ2n) is 6.88. The molecule has 0 spiro atoms. The predicted molar refractivity (Wildman–Crippen MR) is 107 cm³/mol. The van der Waals surface area contributed by atoms with Gasteiger partial charge < -0.3 is 4.74 Å². The van der Waals surface area contributed by atoms with Crippen LogP contribution in [0.1, 0.15) is 18.9 Å². The van der Waals surface area contributed by atoms with Gasteiger partial charge in [0.2, 0.25) is 0 Å². The average Bonchev–Trinajstić information content (AvgIpc) is 3.04. The van der Waals surface area contributed by atoms with Crippen LogP contribution in [0.2, 0.25) is 0 Å². The summed E-state index contributed by atoms with van der Waals surface area (Å²) in [5, 5.41) is 9.45. The number of imide groups is 1. The third-order valence-corrected chi connectivity index (χ3v) is 6.66. The Hall–Kier alpha value is -3.18. The van der Waals surface area contributed by atoms with Crippen LogP contribution in [0.25, 0.3) is 6.08 Å². The van der Waals surface area contributed by atoms with Gasteiger partial charge in [0.1, 0.15) is 24.0 Å². The standard InChI is InChI=1S/C21H20N2O5S/c1-3-9-28-17-6-4-15(5-7-17)11-18-14(2)19(12-22)21(25)23(20(18)24)16-8-10-29(26,27)13-16/h3-7,11,16H,1,8-10,13H2,2H3/b18-11-/t16-/m0/s1. The quantitative estimate of drug-likeness (QED) is 0.416. The molecule has 3 rings (SSSR count). The average molecular weight is 412 g/mol. The van der Waals surface area contributed by atoms with Crippen LogP contribution < -0.4 is 4.74 Å². The molecule has 0 N–H and O–H groups in total. The van der Waals surface area contributed by atoms with Gasteiger partial charge in [-0.2, -0.15) is 5.26 Å². The number of nitrogens with zero attached hydrogens (tertiary/aromatic N) is 2. The monoisotopic (exact) mass is 412 g/mol. The van der Waals surface area contributed by atoms with E-state index in [-0.39, 0.29) is 34.6 Å². The molecular weight excluding hydrogens is 392 g/mol. The van der Waals surface area contributed by atoms with Crippen molar-refractivity contribution in [2.45, 2.75) is 19.4 Å². The van der Waals surface area contributed by atoms with Gasteiger partial charge in [-0.15, -0.1) is 0 Å². The maximum atomic E-state index is 13.1. The number of rotatable bonds is 5. The van der Waals surface area contributed by atoms with E-state index in [4.69, 9.17) is 4.74 Å². The smallest absolute Gasteiger partial charge is 0.271 e. The van der Waals surface area contributed by atoms with Crippen LogP contribution in [0.3, 0.4) is 0 Å². The molecule has 29 heavy (non-hydrogen) atoms. The number of carbonyl (C=O) groups is 2. The zero-order valence-corrected chi connectivity index (χ0v) is 16.7. The number of carbonyl (C=O) groups excluding carboxylic acids is 2. The minimum atomic E-state index is -3.30. The summed E-state index contributed by atoms with van der Waals surface area (Å²) >= 11 is 0. The number of ether oxygens (including phenoxy) is 1. The minimum Gasteiger partial charge on any atom is -0.490 e. The van der Waals surface area contributed by atoms with Crippen LogP contribution in [0.15, 0.2) is 53.6 Å². The van der Waals surface area contributed by atoms with Gasteiger partial charge in [-0.1, -0.05) is 24.8 Å². The highest BCUT2D eigenvalue weighted by Crippen LogP contribution is 2.31. The maximum absolute atomic E-state index is 13.1. The van der Waals surface area contributed by atoms with Gasteiger partial charge in [0.05, 0.1) is 17.5 Å². The van der Waals surface area contributed by atoms with E-state index < -0.39 is 27.7 Å². The molecular formula is C21H20N2O5S. The molecule has 8 heteroatoms. The molecule has 0 bridgehead atoms. The maximum Gasteiger partial charge on any atom is 0.271 e. The molecule has 7 nitrogen and oxygen atoms in total. The molecule has 1 aromatic rings. The Morgan fingerprint density at radius 3 is 2.52 bits per heavy atom. The van der Waals surface area contributed by atoms with E-state index in [1.54, 1.807) is 43.3 Å². The predicted octanol–water partition coefficient (Wildman–Crippen LogP) is 2.03. The lowest BCUT2D eigenvalue weighted by Gasteiger charge is -2.31. The van der Waals surface area contributed by atoms with E-state index in [2.05, 4.69) is 6.58 Å². The molecule has 2 aliphatic rings. The summed E-state index contributed by atoms with van der Waals surface area (Å²) in [7, 11) is -3.30. The summed E-state index contributed by atoms with van der Waals surface area (Å²) in [6.07, 6.45) is 3.40. The summed E-state index contributed by atoms with van der Waals surface area (Å²) in [5.41, 5.74) is 1.02. The van der Waals surface area contributed by atoms with Crippen molar-refractivity contribution in [3.8, 4) is 11.8 Å². The Labute approximate surface area is 169 Å². The third-order valence-electron chi connectivity index (χ3n) is 4.91. The van der Waals surface area contributed by atoms with Crippen LogP contribution in [0.4, 0.5) is 0 Å². The van der Waals surface area contributed by atoms with Crippen molar-refractivity contribution in [1.82, 2.24) is 4.90 Å². The highest BCUT2D eigenvalue weighted by atomic mass is 32.2. The van der Waals surface area contributed by atoms with Crippen molar-refractivity contribution in [1.29, 1.82) is 5.26 Å². The van der Waals surface area contributed by atoms with Gasteiger partial charge in [0, 0.05) is 5.57 Å². The molecule has 0 unspecified atom stereocenters. The summed E-state index contributed by atoms with van der Waals surface area (Å²) in [4.78, 5) is 26.7. The molecule has 1 fully saturated rings. The summed E-state index contributed by atoms with van der Waals surface area (Å²) < 4.78 is 29.1.